The molecule has 18 N–H and O–H groups in total. The van der Waals surface area contributed by atoms with Crippen LogP contribution in [0.15, 0.2) is 0 Å². The van der Waals surface area contributed by atoms with Crippen molar-refractivity contribution < 1.29 is 96.2 Å². The van der Waals surface area contributed by atoms with Gasteiger partial charge in [0.25, 0.3) is 0 Å². The Labute approximate surface area is 623 Å². The van der Waals surface area contributed by atoms with Gasteiger partial charge in [-0.1, -0.05) is 0 Å². The molecule has 8 aliphatic rings. The molecule has 8 rings (SSSR count). The minimum absolute atomic E-state index is 0.0276. The van der Waals surface area contributed by atoms with Crippen LogP contribution in [-0.2, 0) is 91.1 Å². The van der Waals surface area contributed by atoms with Crippen LogP contribution in [0.5, 0.6) is 0 Å². The highest BCUT2D eigenvalue weighted by atomic mass is 16.4. The van der Waals surface area contributed by atoms with E-state index in [9.17, 15) is 96.2 Å². The Morgan fingerprint density at radius 2 is 0.704 bits per heavy atom. The zero-order valence-corrected chi connectivity index (χ0v) is 60.8. The highest BCUT2D eigenvalue weighted by molar-refractivity contribution is 6.01. The number of carbonyl (C=O) groups excluding carboxylic acids is 18. The van der Waals surface area contributed by atoms with Crippen LogP contribution in [-0.4, -0.2) is 314 Å². The van der Waals surface area contributed by atoms with E-state index < -0.39 is 212 Å². The molecule has 12 atom stereocenters. The molecule has 8 fully saturated rings. The standard InChI is InChI=1S/C68H104N20O20/c69-24-2-1-11-40(80-59(98)41(33-52(73)91)77-54(93)36-74-53(92)35-75-57(96)38(20-22-50(71)89)78-61(100)43-13-4-28-84(43)65(104)46-16-7-29-85(46)63(102)44-14-5-25-81(44)55(94)34-70)62(101)83-27-3-12-42(83)60(99)79-39(21-23-51(72)90)58(97)76-37-56(95)82-26-6-15-45(82)64(103)86-30-8-17-47(86)66(105)87-31-9-18-48(87)67(106)88-32-10-19-49(88)68(107)108/h38-49H,1-37,69-70H2,(H2,71,89)(H2,72,90)(H2,73,91)(H,74,92)(H,75,96)(H,76,97)(H,77,93)(H,78,100)(H,79,99)(H,80,98)(H,107,108)/t38-,39-,40-,41-,42-,43-,44-,45-,46-,47-,48-,49-/m0/s1. The Hall–Kier alpha value is -10.2. The van der Waals surface area contributed by atoms with E-state index in [1.807, 2.05) is 0 Å². The van der Waals surface area contributed by atoms with Crippen molar-refractivity contribution in [1.29, 1.82) is 0 Å². The molecule has 0 aliphatic carbocycles. The summed E-state index contributed by atoms with van der Waals surface area (Å²) in [5.41, 5.74) is 27.7. The number of nitrogens with one attached hydrogen (secondary N) is 7. The second-order valence-corrected chi connectivity index (χ2v) is 28.7. The van der Waals surface area contributed by atoms with Gasteiger partial charge in [0.15, 0.2) is 0 Å². The fourth-order valence-corrected chi connectivity index (χ4v) is 15.9. The number of carbonyl (C=O) groups is 19. The van der Waals surface area contributed by atoms with Crippen molar-refractivity contribution in [3.63, 3.8) is 0 Å². The predicted molar refractivity (Wildman–Crippen MR) is 375 cm³/mol. The number of hydrogen-bond donors (Lipinski definition) is 13. The van der Waals surface area contributed by atoms with E-state index >= 15 is 0 Å². The van der Waals surface area contributed by atoms with Crippen molar-refractivity contribution in [2.75, 3.05) is 85.1 Å². The number of rotatable bonds is 35. The highest BCUT2D eigenvalue weighted by Gasteiger charge is 2.50. The predicted octanol–water partition coefficient (Wildman–Crippen LogP) is -8.22. The van der Waals surface area contributed by atoms with Gasteiger partial charge in [-0.2, -0.15) is 0 Å². The van der Waals surface area contributed by atoms with Gasteiger partial charge in [-0.25, -0.2) is 4.79 Å². The Balaban J connectivity index is 0.822. The molecule has 18 amide bonds. The van der Waals surface area contributed by atoms with Gasteiger partial charge in [-0.05, 0) is 141 Å². The third kappa shape index (κ3) is 21.2. The average molecular weight is 1520 g/mol. The molecule has 0 unspecified atom stereocenters. The van der Waals surface area contributed by atoms with Crippen molar-refractivity contribution in [2.24, 2.45) is 28.7 Å². The highest BCUT2D eigenvalue weighted by Crippen LogP contribution is 2.33. The smallest absolute Gasteiger partial charge is 0.326 e. The lowest BCUT2D eigenvalue weighted by Gasteiger charge is -2.35. The molecule has 0 aromatic rings. The molecule has 0 saturated carbocycles. The van der Waals surface area contributed by atoms with Crippen molar-refractivity contribution >= 4 is 112 Å². The summed E-state index contributed by atoms with van der Waals surface area (Å²) in [6, 6.07) is -14.0. The summed E-state index contributed by atoms with van der Waals surface area (Å²) in [5, 5.41) is 26.8. The first-order chi connectivity index (χ1) is 51.5. The number of aliphatic carboxylic acids is 1. The molecule has 8 aliphatic heterocycles. The van der Waals surface area contributed by atoms with E-state index in [1.165, 1.54) is 39.2 Å². The van der Waals surface area contributed by atoms with Crippen LogP contribution >= 0.6 is 0 Å². The quantitative estimate of drug-likeness (QED) is 0.0262. The molecule has 596 valence electrons. The summed E-state index contributed by atoms with van der Waals surface area (Å²) in [5.74, 6) is -14.6. The van der Waals surface area contributed by atoms with Crippen LogP contribution in [0, 0.1) is 0 Å². The van der Waals surface area contributed by atoms with E-state index in [-0.39, 0.29) is 122 Å². The number of carboxylic acids is 1. The van der Waals surface area contributed by atoms with Gasteiger partial charge in [0.1, 0.15) is 72.5 Å². The molecule has 8 saturated heterocycles. The largest absolute Gasteiger partial charge is 0.480 e. The van der Waals surface area contributed by atoms with Crippen molar-refractivity contribution in [2.45, 2.75) is 227 Å². The summed E-state index contributed by atoms with van der Waals surface area (Å²) in [6.07, 6.45) is 3.97. The zero-order valence-electron chi connectivity index (χ0n) is 60.8. The second-order valence-electron chi connectivity index (χ2n) is 28.7. The van der Waals surface area contributed by atoms with Crippen LogP contribution in [0.25, 0.3) is 0 Å². The summed E-state index contributed by atoms with van der Waals surface area (Å²) in [4.78, 5) is 267. The number of nitrogens with zero attached hydrogens (tertiary/aromatic N) is 8. The molecule has 40 heteroatoms. The van der Waals surface area contributed by atoms with E-state index in [0.717, 1.165) is 0 Å². The van der Waals surface area contributed by atoms with Crippen molar-refractivity contribution in [3.05, 3.63) is 0 Å². The number of nitrogens with two attached hydrogens (primary N) is 5. The summed E-state index contributed by atoms with van der Waals surface area (Å²) < 4.78 is 0. The number of amides is 18. The maximum atomic E-state index is 14.6. The van der Waals surface area contributed by atoms with Crippen LogP contribution in [0.3, 0.4) is 0 Å². The van der Waals surface area contributed by atoms with E-state index in [4.69, 9.17) is 28.7 Å². The number of likely N-dealkylation sites (tertiary alicyclic amines) is 8. The number of primary amides is 3. The summed E-state index contributed by atoms with van der Waals surface area (Å²) >= 11 is 0. The number of carboxylic acid groups (broad SMARTS) is 1. The van der Waals surface area contributed by atoms with Crippen LogP contribution in [0.1, 0.15) is 154 Å². The molecule has 0 aromatic heterocycles. The van der Waals surface area contributed by atoms with E-state index in [2.05, 4.69) is 37.2 Å². The molecule has 0 spiro atoms. The Bertz CT molecular complexity index is 3450. The summed E-state index contributed by atoms with van der Waals surface area (Å²) in [6.45, 7) is -0.886. The van der Waals surface area contributed by atoms with Gasteiger partial charge >= 0.3 is 5.97 Å². The fraction of sp³-hybridized carbons (Fsp3) is 0.721. The molecular weight excluding hydrogens is 1420 g/mol. The minimum atomic E-state index is -1.75. The Morgan fingerprint density at radius 3 is 1.12 bits per heavy atom. The molecule has 40 nitrogen and oxygen atoms in total. The van der Waals surface area contributed by atoms with Crippen molar-refractivity contribution in [3.8, 4) is 0 Å². The van der Waals surface area contributed by atoms with Crippen LogP contribution in [0.4, 0.5) is 0 Å². The van der Waals surface area contributed by atoms with Gasteiger partial charge in [-0.3, -0.25) is 86.3 Å². The molecule has 108 heavy (non-hydrogen) atoms. The lowest BCUT2D eigenvalue weighted by molar-refractivity contribution is -0.154. The topological polar surface area (TPSA) is 585 Å². The summed E-state index contributed by atoms with van der Waals surface area (Å²) in [7, 11) is 0. The zero-order chi connectivity index (χ0) is 78.6. The van der Waals surface area contributed by atoms with Gasteiger partial charge in [0.05, 0.1) is 32.6 Å². The monoisotopic (exact) mass is 1520 g/mol. The average Bonchev–Trinajstić information content (AvgIpc) is 1.63. The third-order valence-electron chi connectivity index (χ3n) is 21.4. The fourth-order valence-electron chi connectivity index (χ4n) is 15.9. The Kier molecular flexibility index (Phi) is 30.2. The van der Waals surface area contributed by atoms with Gasteiger partial charge in [-0.15, -0.1) is 0 Å². The molecule has 0 bridgehead atoms. The number of hydrogen-bond acceptors (Lipinski definition) is 21. The lowest BCUT2D eigenvalue weighted by atomic mass is 10.0. The molecule has 0 radical (unpaired) electrons. The normalized spacial score (nSPS) is 23.6. The molecule has 8 heterocycles. The van der Waals surface area contributed by atoms with Crippen LogP contribution in [0.2, 0.25) is 0 Å². The first-order valence-electron chi connectivity index (χ1n) is 37.5. The lowest BCUT2D eigenvalue weighted by Crippen LogP contribution is -2.59. The maximum Gasteiger partial charge on any atom is 0.326 e. The second kappa shape index (κ2) is 39.1. The van der Waals surface area contributed by atoms with Gasteiger partial charge < -0.3 is 110 Å². The minimum Gasteiger partial charge on any atom is -0.480 e. The van der Waals surface area contributed by atoms with Crippen LogP contribution < -0.4 is 65.9 Å². The first-order valence-corrected chi connectivity index (χ1v) is 37.5. The van der Waals surface area contributed by atoms with Gasteiger partial charge in [0, 0.05) is 65.2 Å². The third-order valence-corrected chi connectivity index (χ3v) is 21.4. The number of unbranched alkanes of at least 4 members (excludes halogenated alkanes) is 1. The Morgan fingerprint density at radius 1 is 0.343 bits per heavy atom. The maximum absolute atomic E-state index is 14.6. The van der Waals surface area contributed by atoms with E-state index in [0.29, 0.717) is 90.0 Å². The first kappa shape index (κ1) is 83.5. The molecule has 0 aromatic carbocycles. The SMILES string of the molecule is NCCCC[C@H](NC(=O)[C@H](CC(N)=O)NC(=O)CNC(=O)CNC(=O)[C@H](CCC(N)=O)NC(=O)[C@@H]1CCCN1C(=O)[C@@H]1CCCN1C(=O)[C@@H]1CCCN1C(=O)CN)C(=O)N1CCC[C@H]1C(=O)N[C@@H](CCC(N)=O)C(=O)NCC(=O)N1CCC[C@H]1C(=O)N1CCC[C@H]1C(=O)N1CCC[C@H]1C(=O)N1CCC[C@H]1C(=O)O. The van der Waals surface area contributed by atoms with E-state index in [1.54, 1.807) is 0 Å². The van der Waals surface area contributed by atoms with Gasteiger partial charge in [0.2, 0.25) is 106 Å². The van der Waals surface area contributed by atoms with Crippen molar-refractivity contribution in [1.82, 2.24) is 76.4 Å². The molecular formula is C68H104N20O20.